The van der Waals surface area contributed by atoms with Crippen LogP contribution in [0.1, 0.15) is 23.8 Å². The molecule has 0 unspecified atom stereocenters. The summed E-state index contributed by atoms with van der Waals surface area (Å²) < 4.78 is 1.40. The number of nitrogens with zero attached hydrogens (tertiary/aromatic N) is 3. The molecule has 1 rings (SSSR count). The summed E-state index contributed by atoms with van der Waals surface area (Å²) in [5.74, 6) is -0.507. The van der Waals surface area contributed by atoms with E-state index >= 15 is 0 Å². The van der Waals surface area contributed by atoms with Crippen LogP contribution in [0, 0.1) is 0 Å². The van der Waals surface area contributed by atoms with Crippen molar-refractivity contribution in [1.82, 2.24) is 20.0 Å². The van der Waals surface area contributed by atoms with Gasteiger partial charge in [-0.2, -0.15) is 5.10 Å². The summed E-state index contributed by atoms with van der Waals surface area (Å²) in [5.41, 5.74) is 6.26. The molecule has 0 saturated carbocycles. The van der Waals surface area contributed by atoms with Crippen molar-refractivity contribution in [3.63, 3.8) is 0 Å². The summed E-state index contributed by atoms with van der Waals surface area (Å²) in [6, 6.07) is 0. The molecule has 0 aliphatic carbocycles. The second-order valence-corrected chi connectivity index (χ2v) is 4.08. The number of amides is 2. The van der Waals surface area contributed by atoms with Gasteiger partial charge in [0.05, 0.1) is 18.4 Å². The first-order valence-corrected chi connectivity index (χ1v) is 5.77. The van der Waals surface area contributed by atoms with Crippen molar-refractivity contribution in [3.8, 4) is 0 Å². The Hall–Kier alpha value is -2.05. The fourth-order valence-corrected chi connectivity index (χ4v) is 1.50. The fourth-order valence-electron chi connectivity index (χ4n) is 1.50. The number of carbonyl (C=O) groups excluding carboxylic acids is 2. The van der Waals surface area contributed by atoms with Gasteiger partial charge in [0, 0.05) is 20.6 Å². The second-order valence-electron chi connectivity index (χ2n) is 4.08. The van der Waals surface area contributed by atoms with E-state index in [2.05, 4.69) is 10.4 Å². The highest BCUT2D eigenvalue weighted by Gasteiger charge is 2.20. The van der Waals surface area contributed by atoms with Gasteiger partial charge in [0.25, 0.3) is 5.91 Å². The van der Waals surface area contributed by atoms with E-state index in [1.807, 2.05) is 6.92 Å². The SMILES string of the molecule is CCCNC(=O)CN(C)C(=O)c1c(N)cnn1C. The monoisotopic (exact) mass is 253 g/mol. The highest BCUT2D eigenvalue weighted by molar-refractivity contribution is 5.98. The van der Waals surface area contributed by atoms with Gasteiger partial charge >= 0.3 is 0 Å². The van der Waals surface area contributed by atoms with Crippen molar-refractivity contribution in [3.05, 3.63) is 11.9 Å². The number of nitrogens with one attached hydrogen (secondary N) is 1. The number of anilines is 1. The molecule has 0 saturated heterocycles. The zero-order valence-electron chi connectivity index (χ0n) is 10.9. The average Bonchev–Trinajstić information content (AvgIpc) is 2.65. The van der Waals surface area contributed by atoms with Gasteiger partial charge in [-0.05, 0) is 6.42 Å². The third-order valence-corrected chi connectivity index (χ3v) is 2.47. The maximum atomic E-state index is 12.1. The summed E-state index contributed by atoms with van der Waals surface area (Å²) in [6.45, 7) is 2.57. The molecule has 3 N–H and O–H groups in total. The van der Waals surface area contributed by atoms with Crippen molar-refractivity contribution in [2.24, 2.45) is 7.05 Å². The van der Waals surface area contributed by atoms with Crippen LogP contribution in [-0.2, 0) is 11.8 Å². The third-order valence-electron chi connectivity index (χ3n) is 2.47. The summed E-state index contributed by atoms with van der Waals surface area (Å²) in [4.78, 5) is 24.9. The van der Waals surface area contributed by atoms with E-state index < -0.39 is 0 Å². The Labute approximate surface area is 106 Å². The summed E-state index contributed by atoms with van der Waals surface area (Å²) in [5, 5.41) is 6.60. The normalized spacial score (nSPS) is 10.2. The molecule has 0 aliphatic rings. The van der Waals surface area contributed by atoms with Crippen LogP contribution in [0.3, 0.4) is 0 Å². The van der Waals surface area contributed by atoms with Crippen molar-refractivity contribution < 1.29 is 9.59 Å². The van der Waals surface area contributed by atoms with Crippen molar-refractivity contribution >= 4 is 17.5 Å². The zero-order chi connectivity index (χ0) is 13.7. The maximum absolute atomic E-state index is 12.1. The van der Waals surface area contributed by atoms with Crippen molar-refractivity contribution in [2.45, 2.75) is 13.3 Å². The molecule has 0 spiro atoms. The molecule has 0 aliphatic heterocycles. The zero-order valence-corrected chi connectivity index (χ0v) is 10.9. The quantitative estimate of drug-likeness (QED) is 0.746. The number of hydrogen-bond donors (Lipinski definition) is 2. The van der Waals surface area contributed by atoms with E-state index in [-0.39, 0.29) is 18.4 Å². The standard InChI is InChI=1S/C11H19N5O2/c1-4-5-13-9(17)7-15(2)11(18)10-8(12)6-14-16(10)3/h6H,4-5,7,12H2,1-3H3,(H,13,17). The van der Waals surface area contributed by atoms with Gasteiger partial charge in [-0.15, -0.1) is 0 Å². The Balaban J connectivity index is 2.65. The lowest BCUT2D eigenvalue weighted by molar-refractivity contribution is -0.121. The molecule has 100 valence electrons. The molecule has 7 nitrogen and oxygen atoms in total. The lowest BCUT2D eigenvalue weighted by atomic mass is 10.3. The fraction of sp³-hybridized carbons (Fsp3) is 0.545. The van der Waals surface area contributed by atoms with Crippen molar-refractivity contribution in [1.29, 1.82) is 0 Å². The Morgan fingerprint density at radius 1 is 1.56 bits per heavy atom. The molecule has 7 heteroatoms. The second kappa shape index (κ2) is 6.04. The molecule has 0 bridgehead atoms. The molecule has 2 amide bonds. The van der Waals surface area contributed by atoms with E-state index in [1.54, 1.807) is 14.1 Å². The minimum absolute atomic E-state index is 0.00343. The van der Waals surface area contributed by atoms with Crippen molar-refractivity contribution in [2.75, 3.05) is 25.9 Å². The predicted octanol–water partition coefficient (Wildman–Crippen LogP) is -0.399. The molecule has 1 heterocycles. The van der Waals surface area contributed by atoms with Gasteiger partial charge < -0.3 is 16.0 Å². The first-order chi connectivity index (χ1) is 8.47. The smallest absolute Gasteiger partial charge is 0.274 e. The minimum Gasteiger partial charge on any atom is -0.396 e. The van der Waals surface area contributed by atoms with Gasteiger partial charge in [-0.25, -0.2) is 0 Å². The van der Waals surface area contributed by atoms with E-state index in [0.717, 1.165) is 6.42 Å². The first kappa shape index (κ1) is 14.0. The number of rotatable bonds is 5. The predicted molar refractivity (Wildman–Crippen MR) is 67.9 cm³/mol. The molecular weight excluding hydrogens is 234 g/mol. The molecule has 1 aromatic heterocycles. The largest absolute Gasteiger partial charge is 0.396 e. The van der Waals surface area contributed by atoms with Crippen LogP contribution in [0.4, 0.5) is 5.69 Å². The minimum atomic E-state index is -0.320. The Morgan fingerprint density at radius 3 is 2.72 bits per heavy atom. The number of nitrogens with two attached hydrogens (primary N) is 1. The number of aromatic nitrogens is 2. The molecule has 0 radical (unpaired) electrons. The first-order valence-electron chi connectivity index (χ1n) is 5.77. The molecule has 0 aromatic carbocycles. The average molecular weight is 253 g/mol. The van der Waals surface area contributed by atoms with Crippen LogP contribution < -0.4 is 11.1 Å². The molecule has 0 atom stereocenters. The van der Waals surface area contributed by atoms with Crippen LogP contribution in [0.25, 0.3) is 0 Å². The van der Waals surface area contributed by atoms with Gasteiger partial charge in [-0.1, -0.05) is 6.92 Å². The number of nitrogen functional groups attached to an aromatic ring is 1. The van der Waals surface area contributed by atoms with Crippen LogP contribution in [0.5, 0.6) is 0 Å². The van der Waals surface area contributed by atoms with E-state index in [0.29, 0.717) is 17.9 Å². The van der Waals surface area contributed by atoms with Gasteiger partial charge in [0.15, 0.2) is 0 Å². The summed E-state index contributed by atoms with van der Waals surface area (Å²) >= 11 is 0. The molecule has 1 aromatic rings. The lowest BCUT2D eigenvalue weighted by Crippen LogP contribution is -2.39. The van der Waals surface area contributed by atoms with Crippen LogP contribution >= 0.6 is 0 Å². The molecular formula is C11H19N5O2. The molecule has 18 heavy (non-hydrogen) atoms. The van der Waals surface area contributed by atoms with Gasteiger partial charge in [-0.3, -0.25) is 14.3 Å². The maximum Gasteiger partial charge on any atom is 0.274 e. The number of hydrogen-bond acceptors (Lipinski definition) is 4. The van der Waals surface area contributed by atoms with Crippen LogP contribution in [0.15, 0.2) is 6.20 Å². The Morgan fingerprint density at radius 2 is 2.22 bits per heavy atom. The Kier molecular flexibility index (Phi) is 4.70. The van der Waals surface area contributed by atoms with E-state index in [9.17, 15) is 9.59 Å². The highest BCUT2D eigenvalue weighted by atomic mass is 16.2. The topological polar surface area (TPSA) is 93.2 Å². The van der Waals surface area contributed by atoms with E-state index in [4.69, 9.17) is 5.73 Å². The van der Waals surface area contributed by atoms with Crippen LogP contribution in [0.2, 0.25) is 0 Å². The molecule has 0 fully saturated rings. The van der Waals surface area contributed by atoms with Gasteiger partial charge in [0.2, 0.25) is 5.91 Å². The number of likely N-dealkylation sites (N-methyl/N-ethyl adjacent to an activating group) is 1. The summed E-state index contributed by atoms with van der Waals surface area (Å²) in [6.07, 6.45) is 2.27. The van der Waals surface area contributed by atoms with Crippen LogP contribution in [-0.4, -0.2) is 46.6 Å². The number of carbonyl (C=O) groups is 2. The third kappa shape index (κ3) is 3.22. The number of aryl methyl sites for hydroxylation is 1. The summed E-state index contributed by atoms with van der Waals surface area (Å²) in [7, 11) is 3.19. The van der Waals surface area contributed by atoms with E-state index in [1.165, 1.54) is 15.8 Å². The lowest BCUT2D eigenvalue weighted by Gasteiger charge is -2.17. The highest BCUT2D eigenvalue weighted by Crippen LogP contribution is 2.11. The Bertz CT molecular complexity index is 421. The van der Waals surface area contributed by atoms with Gasteiger partial charge in [0.1, 0.15) is 5.69 Å².